The molecule has 0 aliphatic carbocycles. The Kier molecular flexibility index (Phi) is 6.54. The fourth-order valence-electron chi connectivity index (χ4n) is 2.45. The number of anilines is 2. The number of amides is 1. The average Bonchev–Trinajstić information content (AvgIpc) is 2.68. The highest BCUT2D eigenvalue weighted by Crippen LogP contribution is 2.31. The third kappa shape index (κ3) is 5.77. The number of aryl methyl sites for hydroxylation is 1. The van der Waals surface area contributed by atoms with E-state index in [9.17, 15) is 18.0 Å². The lowest BCUT2D eigenvalue weighted by Gasteiger charge is -2.13. The second-order valence-corrected chi connectivity index (χ2v) is 8.03. The maximum absolute atomic E-state index is 12.7. The largest absolute Gasteiger partial charge is 0.416 e. The molecule has 0 aromatic heterocycles. The van der Waals surface area contributed by atoms with Gasteiger partial charge >= 0.3 is 6.18 Å². The van der Waals surface area contributed by atoms with Gasteiger partial charge in [-0.3, -0.25) is 4.79 Å². The van der Waals surface area contributed by atoms with Crippen LogP contribution in [0.25, 0.3) is 0 Å². The van der Waals surface area contributed by atoms with Crippen molar-refractivity contribution in [2.24, 2.45) is 0 Å². The molecule has 0 aliphatic heterocycles. The van der Waals surface area contributed by atoms with E-state index in [0.717, 1.165) is 22.6 Å². The van der Waals surface area contributed by atoms with Crippen molar-refractivity contribution in [3.05, 3.63) is 87.9 Å². The summed E-state index contributed by atoms with van der Waals surface area (Å²) >= 11 is 4.71. The van der Waals surface area contributed by atoms with E-state index >= 15 is 0 Å². The van der Waals surface area contributed by atoms with Crippen LogP contribution in [0.5, 0.6) is 0 Å². The van der Waals surface area contributed by atoms with Crippen LogP contribution in [0.2, 0.25) is 0 Å². The molecule has 0 aliphatic rings. The Morgan fingerprint density at radius 2 is 1.62 bits per heavy atom. The van der Waals surface area contributed by atoms with Crippen LogP contribution >= 0.6 is 27.9 Å². The van der Waals surface area contributed by atoms with E-state index in [1.54, 1.807) is 18.2 Å². The van der Waals surface area contributed by atoms with Crippen molar-refractivity contribution >= 4 is 45.2 Å². The SMILES string of the molecule is Cc1ccc(SNc2ccc(Br)cc2C(=O)Nc2ccc(C(F)(F)F)cc2)cc1. The van der Waals surface area contributed by atoms with Gasteiger partial charge in [-0.1, -0.05) is 33.6 Å². The van der Waals surface area contributed by atoms with E-state index < -0.39 is 17.6 Å². The van der Waals surface area contributed by atoms with E-state index in [4.69, 9.17) is 0 Å². The molecule has 8 heteroatoms. The molecule has 150 valence electrons. The molecule has 3 nitrogen and oxygen atoms in total. The van der Waals surface area contributed by atoms with E-state index in [0.29, 0.717) is 15.7 Å². The Morgan fingerprint density at radius 1 is 0.966 bits per heavy atom. The minimum Gasteiger partial charge on any atom is -0.325 e. The van der Waals surface area contributed by atoms with Crippen LogP contribution in [-0.2, 0) is 6.18 Å². The lowest BCUT2D eigenvalue weighted by Crippen LogP contribution is -2.14. The summed E-state index contributed by atoms with van der Waals surface area (Å²) in [4.78, 5) is 13.7. The number of hydrogen-bond acceptors (Lipinski definition) is 3. The summed E-state index contributed by atoms with van der Waals surface area (Å²) in [5.41, 5.74) is 1.60. The van der Waals surface area contributed by atoms with Gasteiger partial charge in [-0.15, -0.1) is 0 Å². The zero-order valence-corrected chi connectivity index (χ0v) is 17.6. The first-order chi connectivity index (χ1) is 13.7. The lowest BCUT2D eigenvalue weighted by molar-refractivity contribution is -0.137. The van der Waals surface area contributed by atoms with Crippen LogP contribution in [0.1, 0.15) is 21.5 Å². The summed E-state index contributed by atoms with van der Waals surface area (Å²) in [7, 11) is 0. The maximum Gasteiger partial charge on any atom is 0.416 e. The van der Waals surface area contributed by atoms with Gasteiger partial charge in [-0.2, -0.15) is 13.2 Å². The maximum atomic E-state index is 12.7. The Balaban J connectivity index is 1.75. The van der Waals surface area contributed by atoms with Gasteiger partial charge in [0.25, 0.3) is 5.91 Å². The smallest absolute Gasteiger partial charge is 0.325 e. The van der Waals surface area contributed by atoms with Crippen LogP contribution in [-0.4, -0.2) is 5.91 Å². The first kappa shape index (κ1) is 21.3. The quantitative estimate of drug-likeness (QED) is 0.381. The van der Waals surface area contributed by atoms with Gasteiger partial charge in [0, 0.05) is 15.1 Å². The summed E-state index contributed by atoms with van der Waals surface area (Å²) in [6.07, 6.45) is -4.42. The molecule has 3 aromatic carbocycles. The lowest BCUT2D eigenvalue weighted by atomic mass is 10.1. The summed E-state index contributed by atoms with van der Waals surface area (Å²) in [6, 6.07) is 17.4. The molecular weight excluding hydrogens is 465 g/mol. The molecule has 0 atom stereocenters. The molecule has 0 spiro atoms. The Labute approximate surface area is 179 Å². The van der Waals surface area contributed by atoms with Crippen LogP contribution in [0.15, 0.2) is 76.1 Å². The normalized spacial score (nSPS) is 11.2. The molecular formula is C21H16BrF3N2OS. The number of hydrogen-bond donors (Lipinski definition) is 2. The van der Waals surface area contributed by atoms with Crippen molar-refractivity contribution in [1.82, 2.24) is 0 Å². The molecule has 0 fully saturated rings. The number of carbonyl (C=O) groups is 1. The summed E-state index contributed by atoms with van der Waals surface area (Å²) in [5.74, 6) is -0.432. The number of halogens is 4. The highest BCUT2D eigenvalue weighted by atomic mass is 79.9. The van der Waals surface area contributed by atoms with E-state index in [1.807, 2.05) is 31.2 Å². The summed E-state index contributed by atoms with van der Waals surface area (Å²) < 4.78 is 41.9. The molecule has 0 bridgehead atoms. The Morgan fingerprint density at radius 3 is 2.24 bits per heavy atom. The fraction of sp³-hybridized carbons (Fsp3) is 0.0952. The number of carbonyl (C=O) groups excluding carboxylic acids is 1. The molecule has 0 saturated heterocycles. The van der Waals surface area contributed by atoms with Gasteiger partial charge < -0.3 is 10.0 Å². The predicted molar refractivity (Wildman–Crippen MR) is 114 cm³/mol. The van der Waals surface area contributed by atoms with E-state index in [-0.39, 0.29) is 5.69 Å². The molecule has 1 amide bonds. The minimum absolute atomic E-state index is 0.278. The van der Waals surface area contributed by atoms with Crippen molar-refractivity contribution in [3.8, 4) is 0 Å². The zero-order chi connectivity index (χ0) is 21.0. The van der Waals surface area contributed by atoms with Crippen LogP contribution in [0.4, 0.5) is 24.5 Å². The van der Waals surface area contributed by atoms with Gasteiger partial charge in [0.15, 0.2) is 0 Å². The molecule has 0 radical (unpaired) electrons. The number of benzene rings is 3. The van der Waals surface area contributed by atoms with Crippen LogP contribution < -0.4 is 10.0 Å². The van der Waals surface area contributed by atoms with Gasteiger partial charge in [-0.05, 0) is 73.5 Å². The first-order valence-corrected chi connectivity index (χ1v) is 10.1. The third-order valence-corrected chi connectivity index (χ3v) is 5.32. The highest BCUT2D eigenvalue weighted by molar-refractivity contribution is 9.10. The third-order valence-electron chi connectivity index (χ3n) is 4.00. The Hall–Kier alpha value is -2.45. The number of nitrogens with one attached hydrogen (secondary N) is 2. The van der Waals surface area contributed by atoms with Gasteiger partial charge in [0.2, 0.25) is 0 Å². The van der Waals surface area contributed by atoms with Gasteiger partial charge in [0.05, 0.1) is 16.8 Å². The van der Waals surface area contributed by atoms with Crippen LogP contribution in [0, 0.1) is 6.92 Å². The predicted octanol–water partition coefficient (Wildman–Crippen LogP) is 7.15. The standard InChI is InChI=1S/C21H16BrF3N2OS/c1-13-2-9-17(10-3-13)29-27-19-11-6-15(22)12-18(19)20(28)26-16-7-4-14(5-8-16)21(23,24)25/h2-12,27H,1H3,(H,26,28). The first-order valence-electron chi connectivity index (χ1n) is 8.50. The molecule has 0 unspecified atom stereocenters. The monoisotopic (exact) mass is 480 g/mol. The van der Waals surface area contributed by atoms with Crippen molar-refractivity contribution in [2.45, 2.75) is 18.0 Å². The van der Waals surface area contributed by atoms with Crippen molar-refractivity contribution in [3.63, 3.8) is 0 Å². The molecule has 2 N–H and O–H groups in total. The van der Waals surface area contributed by atoms with Gasteiger partial charge in [-0.25, -0.2) is 0 Å². The molecule has 3 aromatic rings. The Bertz CT molecular complexity index is 1010. The van der Waals surface area contributed by atoms with Gasteiger partial charge in [0.1, 0.15) is 0 Å². The summed E-state index contributed by atoms with van der Waals surface area (Å²) in [5, 5.41) is 2.63. The molecule has 29 heavy (non-hydrogen) atoms. The van der Waals surface area contributed by atoms with Crippen molar-refractivity contribution < 1.29 is 18.0 Å². The molecule has 3 rings (SSSR count). The fourth-order valence-corrected chi connectivity index (χ4v) is 3.49. The zero-order valence-electron chi connectivity index (χ0n) is 15.2. The highest BCUT2D eigenvalue weighted by Gasteiger charge is 2.30. The van der Waals surface area contributed by atoms with Crippen LogP contribution in [0.3, 0.4) is 0 Å². The van der Waals surface area contributed by atoms with Crippen molar-refractivity contribution in [2.75, 3.05) is 10.0 Å². The van der Waals surface area contributed by atoms with E-state index in [1.165, 1.54) is 24.1 Å². The topological polar surface area (TPSA) is 41.1 Å². The molecule has 0 saturated carbocycles. The summed E-state index contributed by atoms with van der Waals surface area (Å²) in [6.45, 7) is 2.00. The average molecular weight is 481 g/mol. The number of rotatable bonds is 5. The minimum atomic E-state index is -4.42. The second kappa shape index (κ2) is 8.92. The molecule has 0 heterocycles. The van der Waals surface area contributed by atoms with Crippen molar-refractivity contribution in [1.29, 1.82) is 0 Å². The number of alkyl halides is 3. The second-order valence-electron chi connectivity index (χ2n) is 6.24. The van der Waals surface area contributed by atoms with E-state index in [2.05, 4.69) is 26.0 Å².